The number of rotatable bonds is 8. The molecule has 8 rings (SSSR count). The number of ketones is 1. The number of aliphatic hydroxyl groups is 3. The van der Waals surface area contributed by atoms with Crippen LogP contribution in [-0.2, 0) is 30.3 Å². The number of Topliss-reactive ketones (excluding diaryl/α,β-unsaturated/α-hetero) is 1. The average Bonchev–Trinajstić information content (AvgIpc) is 3.54. The van der Waals surface area contributed by atoms with Crippen molar-refractivity contribution in [1.82, 2.24) is 0 Å². The van der Waals surface area contributed by atoms with Crippen LogP contribution in [0.2, 0.25) is 0 Å². The lowest BCUT2D eigenvalue weighted by molar-refractivity contribution is -0.227. The van der Waals surface area contributed by atoms with Crippen LogP contribution in [-0.4, -0.2) is 73.6 Å². The molecule has 0 radical (unpaired) electrons. The lowest BCUT2D eigenvalue weighted by Crippen LogP contribution is -2.66. The predicted octanol–water partition coefficient (Wildman–Crippen LogP) is 5.25. The van der Waals surface area contributed by atoms with E-state index >= 15 is 0 Å². The number of benzene rings is 4. The van der Waals surface area contributed by atoms with E-state index in [4.69, 9.17) is 15.0 Å². The number of esters is 2. The summed E-state index contributed by atoms with van der Waals surface area (Å²) in [5.74, 6) is -5.54. The Labute approximate surface area is 300 Å². The van der Waals surface area contributed by atoms with Crippen molar-refractivity contribution >= 4 is 56.3 Å². The maximum atomic E-state index is 13.9. The van der Waals surface area contributed by atoms with E-state index in [0.29, 0.717) is 30.2 Å². The van der Waals surface area contributed by atoms with E-state index in [2.05, 4.69) is 59.4 Å². The number of carbonyl (C=O) groups is 3. The molecule has 4 aromatic rings. The molecule has 10 nitrogen and oxygen atoms in total. The van der Waals surface area contributed by atoms with E-state index in [9.17, 15) is 29.7 Å². The Kier molecular flexibility index (Phi) is 7.69. The predicted molar refractivity (Wildman–Crippen MR) is 193 cm³/mol. The van der Waals surface area contributed by atoms with Gasteiger partial charge in [0.2, 0.25) is 0 Å². The zero-order valence-electron chi connectivity index (χ0n) is 29.6. The van der Waals surface area contributed by atoms with Gasteiger partial charge in [0.15, 0.2) is 11.4 Å². The van der Waals surface area contributed by atoms with Gasteiger partial charge in [-0.3, -0.25) is 9.59 Å². The largest absolute Gasteiger partial charge is 0.458 e. The molecule has 0 unspecified atom stereocenters. The normalized spacial score (nSPS) is 33.0. The molecule has 8 atom stereocenters. The van der Waals surface area contributed by atoms with Crippen molar-refractivity contribution < 1.29 is 44.0 Å². The van der Waals surface area contributed by atoms with E-state index in [0.717, 1.165) is 16.3 Å². The van der Waals surface area contributed by atoms with Gasteiger partial charge in [0.05, 0.1) is 12.2 Å². The van der Waals surface area contributed by atoms with Crippen molar-refractivity contribution in [3.63, 3.8) is 0 Å². The van der Waals surface area contributed by atoms with Crippen LogP contribution < -0.4 is 0 Å². The molecule has 0 amide bonds. The first-order chi connectivity index (χ1) is 24.7. The van der Waals surface area contributed by atoms with E-state index in [1.807, 2.05) is 13.8 Å². The van der Waals surface area contributed by atoms with Crippen molar-refractivity contribution in [2.45, 2.75) is 76.3 Å². The highest BCUT2D eigenvalue weighted by atomic mass is 16.6. The van der Waals surface area contributed by atoms with Crippen LogP contribution in [0.25, 0.3) is 37.8 Å². The molecule has 4 aromatic carbocycles. The molecule has 0 aliphatic heterocycles. The Morgan fingerprint density at radius 3 is 2.37 bits per heavy atom. The third kappa shape index (κ3) is 4.51. The molecule has 0 bridgehead atoms. The second-order valence-electron chi connectivity index (χ2n) is 15.9. The molecule has 2 saturated carbocycles. The number of carbonyl (C=O) groups excluding carboxylic acids is 3. The van der Waals surface area contributed by atoms with Crippen molar-refractivity contribution in [2.75, 3.05) is 6.61 Å². The van der Waals surface area contributed by atoms with E-state index in [-0.39, 0.29) is 12.8 Å². The summed E-state index contributed by atoms with van der Waals surface area (Å²) in [6.45, 7) is 6.50. The third-order valence-corrected chi connectivity index (χ3v) is 13.1. The van der Waals surface area contributed by atoms with Gasteiger partial charge in [0, 0.05) is 41.9 Å². The lowest BCUT2D eigenvalue weighted by atomic mass is 9.59. The van der Waals surface area contributed by atoms with Gasteiger partial charge < -0.3 is 30.3 Å². The highest BCUT2D eigenvalue weighted by Gasteiger charge is 2.88. The van der Waals surface area contributed by atoms with E-state index < -0.39 is 76.3 Å². The molecule has 0 spiro atoms. The Balaban J connectivity index is 1.12. The summed E-state index contributed by atoms with van der Waals surface area (Å²) < 4.78 is 12.4. The van der Waals surface area contributed by atoms with Gasteiger partial charge in [-0.1, -0.05) is 87.5 Å². The first-order valence-electron chi connectivity index (χ1n) is 18.0. The summed E-state index contributed by atoms with van der Waals surface area (Å²) in [5.41, 5.74) is 4.72. The van der Waals surface area contributed by atoms with Crippen LogP contribution in [0.3, 0.4) is 0 Å². The highest BCUT2D eigenvalue weighted by molar-refractivity contribution is 6.23. The molecule has 0 heterocycles. The number of hydrogen-bond acceptors (Lipinski definition) is 8. The fourth-order valence-corrected chi connectivity index (χ4v) is 10.7. The number of ether oxygens (including phenoxy) is 2. The van der Waals surface area contributed by atoms with Gasteiger partial charge in [0.25, 0.3) is 0 Å². The number of aryl methyl sites for hydroxylation is 1. The standard InChI is InChI=1S/C42H42N2O8/c1-22-17-31-40(49,37(22)48)19-24(21-45)18-30-36-39(3,4)42(36,52-33(47)20-44-43)38(23(2)41(30,31)50)51-32(46)10-6-7-25-11-12-28-14-13-26-8-5-9-27-15-16-29(25)35(28)34(26)27/h5,8-9,11-18,20,23,30-31,36,38,45,49-50H,6-7,10,19,21H2,1-4H3/t23-,30+,31-,36-,38-,40-,41-,42-/m1/s1. The SMILES string of the molecule is CC1=C[C@H]2[C@@]3(O)[C@H](C)[C@@H](OC(=O)CCCc4ccc5ccc6cccc7ccc4c5c67)[C@]4(OC(=O)C=[N+]=[N-])[C@H]([C@@H]3C=C(CO)C[C@]2(O)C1=O)C4(C)C. The molecular weight excluding hydrogens is 660 g/mol. The maximum Gasteiger partial charge on any atom is 0.414 e. The number of fused-ring (bicyclic) bond motifs is 5. The van der Waals surface area contributed by atoms with Crippen molar-refractivity contribution in [2.24, 2.45) is 29.1 Å². The van der Waals surface area contributed by atoms with Crippen molar-refractivity contribution in [3.8, 4) is 0 Å². The van der Waals surface area contributed by atoms with E-state index in [1.165, 1.54) is 21.5 Å². The summed E-state index contributed by atoms with van der Waals surface area (Å²) in [7, 11) is 0. The van der Waals surface area contributed by atoms with Crippen molar-refractivity contribution in [3.05, 3.63) is 89.0 Å². The summed E-state index contributed by atoms with van der Waals surface area (Å²) in [5, 5.41) is 42.3. The van der Waals surface area contributed by atoms with Crippen LogP contribution >= 0.6 is 0 Å². The molecule has 4 aliphatic rings. The highest BCUT2D eigenvalue weighted by Crippen LogP contribution is 2.77. The Bertz CT molecular complexity index is 2290. The van der Waals surface area contributed by atoms with Gasteiger partial charge in [-0.2, -0.15) is 4.79 Å². The molecule has 0 saturated heterocycles. The average molecular weight is 703 g/mol. The van der Waals surface area contributed by atoms with Gasteiger partial charge in [0.1, 0.15) is 11.7 Å². The van der Waals surface area contributed by atoms with Gasteiger partial charge >= 0.3 is 18.2 Å². The zero-order chi connectivity index (χ0) is 37.0. The number of aliphatic hydroxyl groups excluding tert-OH is 1. The number of nitrogens with zero attached hydrogens (tertiary/aromatic N) is 2. The molecule has 4 aliphatic carbocycles. The number of hydrogen-bond donors (Lipinski definition) is 3. The fraction of sp³-hybridized carbons (Fsp3) is 0.429. The van der Waals surface area contributed by atoms with Gasteiger partial charge in [-0.05, 0) is 68.8 Å². The Hall–Kier alpha value is -4.73. The summed E-state index contributed by atoms with van der Waals surface area (Å²) >= 11 is 0. The lowest BCUT2D eigenvalue weighted by Gasteiger charge is -2.53. The van der Waals surface area contributed by atoms with Gasteiger partial charge in [-0.25, -0.2) is 4.79 Å². The van der Waals surface area contributed by atoms with Crippen LogP contribution in [0.1, 0.15) is 52.5 Å². The summed E-state index contributed by atoms with van der Waals surface area (Å²) in [6, 6.07) is 19.0. The molecule has 10 heteroatoms. The molecule has 2 fully saturated rings. The minimum atomic E-state index is -2.02. The molecule has 3 N–H and O–H groups in total. The summed E-state index contributed by atoms with van der Waals surface area (Å²) in [4.78, 5) is 43.2. The molecular formula is C42H42N2O8. The first kappa shape index (κ1) is 34.4. The molecule has 268 valence electrons. The summed E-state index contributed by atoms with van der Waals surface area (Å²) in [6.07, 6.45) is 3.65. The topological polar surface area (TPSA) is 167 Å². The van der Waals surface area contributed by atoms with Crippen LogP contribution in [0.5, 0.6) is 0 Å². The Morgan fingerprint density at radius 1 is 1.00 bits per heavy atom. The second-order valence-corrected chi connectivity index (χ2v) is 15.9. The first-order valence-corrected chi connectivity index (χ1v) is 18.0. The van der Waals surface area contributed by atoms with Crippen LogP contribution in [0.4, 0.5) is 0 Å². The molecule has 52 heavy (non-hydrogen) atoms. The third-order valence-electron chi connectivity index (χ3n) is 13.1. The second kappa shape index (κ2) is 11.6. The monoisotopic (exact) mass is 702 g/mol. The smallest absolute Gasteiger partial charge is 0.414 e. The van der Waals surface area contributed by atoms with E-state index in [1.54, 1.807) is 26.0 Å². The quantitative estimate of drug-likeness (QED) is 0.0559. The maximum absolute atomic E-state index is 13.9. The zero-order valence-corrected chi connectivity index (χ0v) is 29.6. The van der Waals surface area contributed by atoms with Crippen LogP contribution in [0.15, 0.2) is 77.9 Å². The molecule has 0 aromatic heterocycles. The Morgan fingerprint density at radius 2 is 1.67 bits per heavy atom. The van der Waals surface area contributed by atoms with Crippen LogP contribution in [0, 0.1) is 29.1 Å². The minimum absolute atomic E-state index is 0.0414. The minimum Gasteiger partial charge on any atom is -0.458 e. The van der Waals surface area contributed by atoms with Crippen molar-refractivity contribution in [1.29, 1.82) is 0 Å². The van der Waals surface area contributed by atoms with Gasteiger partial charge in [-0.15, -0.1) is 0 Å². The fourth-order valence-electron chi connectivity index (χ4n) is 10.7.